The molecule has 0 fully saturated rings. The van der Waals surface area contributed by atoms with Gasteiger partial charge in [0.15, 0.2) is 6.10 Å². The summed E-state index contributed by atoms with van der Waals surface area (Å²) in [5, 5.41) is 0. The standard InChI is InChI=1S/C76H126O6/c1-4-7-10-13-16-19-22-25-27-29-31-33-34-35-36-37-38-39-40-41-42-44-45-47-49-51-54-57-60-63-66-69-75(78)81-72-73(71-80-74(77)68-65-62-59-56-53-24-21-18-15-12-9-6-3)82-76(79)70-67-64-61-58-55-52-50-48-46-43-32-30-28-26-23-20-17-14-11-8-5-2/h7-8,10-11,16-21,25-28,31-33,35-36,38-39,43,73H,4-6,9,12-15,22-24,29-30,34,37,40-42,44-72H2,1-3H3/b10-7-,11-8-,19-16-,20-17-,21-18-,27-25-,28-26-,33-31-,36-35-,39-38-,43-32-. The molecule has 82 heavy (non-hydrogen) atoms. The van der Waals surface area contributed by atoms with Crippen molar-refractivity contribution in [2.75, 3.05) is 13.2 Å². The van der Waals surface area contributed by atoms with Gasteiger partial charge in [0.1, 0.15) is 13.2 Å². The summed E-state index contributed by atoms with van der Waals surface area (Å²) in [5.74, 6) is -0.900. The molecular weight excluding hydrogens is 1010 g/mol. The Morgan fingerprint density at radius 3 is 0.756 bits per heavy atom. The third kappa shape index (κ3) is 66.4. The number of carbonyl (C=O) groups is 3. The smallest absolute Gasteiger partial charge is 0.306 e. The second-order valence-corrected chi connectivity index (χ2v) is 22.3. The van der Waals surface area contributed by atoms with Crippen molar-refractivity contribution in [3.63, 3.8) is 0 Å². The van der Waals surface area contributed by atoms with E-state index >= 15 is 0 Å². The van der Waals surface area contributed by atoms with Gasteiger partial charge in [-0.1, -0.05) is 289 Å². The minimum Gasteiger partial charge on any atom is -0.462 e. The van der Waals surface area contributed by atoms with Crippen LogP contribution in [0.1, 0.15) is 310 Å². The molecule has 0 aliphatic heterocycles. The van der Waals surface area contributed by atoms with Crippen LogP contribution in [0, 0.1) is 0 Å². The Bertz CT molecular complexity index is 1730. The number of unbranched alkanes of at least 4 members (excludes halogenated alkanes) is 28. The highest BCUT2D eigenvalue weighted by molar-refractivity contribution is 5.71. The van der Waals surface area contributed by atoms with Gasteiger partial charge in [-0.3, -0.25) is 14.4 Å². The molecule has 6 heteroatoms. The molecule has 0 saturated heterocycles. The van der Waals surface area contributed by atoms with Gasteiger partial charge >= 0.3 is 17.9 Å². The van der Waals surface area contributed by atoms with E-state index in [-0.39, 0.29) is 31.1 Å². The first-order valence-electron chi connectivity index (χ1n) is 34.2. The number of esters is 3. The molecule has 0 heterocycles. The van der Waals surface area contributed by atoms with Crippen molar-refractivity contribution in [3.8, 4) is 0 Å². The second-order valence-electron chi connectivity index (χ2n) is 22.3. The number of allylic oxidation sites excluding steroid dienone is 22. The predicted molar refractivity (Wildman–Crippen MR) is 357 cm³/mol. The van der Waals surface area contributed by atoms with Crippen LogP contribution in [0.3, 0.4) is 0 Å². The van der Waals surface area contributed by atoms with Crippen molar-refractivity contribution in [1.82, 2.24) is 0 Å². The zero-order chi connectivity index (χ0) is 59.2. The van der Waals surface area contributed by atoms with Crippen LogP contribution in [0.15, 0.2) is 134 Å². The van der Waals surface area contributed by atoms with Gasteiger partial charge in [0, 0.05) is 19.3 Å². The van der Waals surface area contributed by atoms with Gasteiger partial charge in [-0.15, -0.1) is 0 Å². The van der Waals surface area contributed by atoms with E-state index in [1.165, 1.54) is 135 Å². The van der Waals surface area contributed by atoms with E-state index < -0.39 is 6.10 Å². The third-order valence-electron chi connectivity index (χ3n) is 14.4. The highest BCUT2D eigenvalue weighted by Crippen LogP contribution is 2.16. The summed E-state index contributed by atoms with van der Waals surface area (Å²) >= 11 is 0. The molecule has 0 bridgehead atoms. The maximum Gasteiger partial charge on any atom is 0.306 e. The molecule has 0 aliphatic carbocycles. The van der Waals surface area contributed by atoms with Crippen LogP contribution in [-0.4, -0.2) is 37.2 Å². The molecule has 6 nitrogen and oxygen atoms in total. The van der Waals surface area contributed by atoms with E-state index in [2.05, 4.69) is 154 Å². The van der Waals surface area contributed by atoms with Gasteiger partial charge < -0.3 is 14.2 Å². The summed E-state index contributed by atoms with van der Waals surface area (Å²) in [6.45, 7) is 6.39. The SMILES string of the molecule is CC/C=C\C/C=C\C/C=C\C/C=C\C/C=C\C/C=C\CCCCCCCCCCCCCCC(=O)OCC(COC(=O)CCCCCCC/C=C\CCCCC)OC(=O)CCCCCCCCCC/C=C\C/C=C\C/C=C\C/C=C\CC. The Balaban J connectivity index is 4.27. The Morgan fingerprint density at radius 1 is 0.256 bits per heavy atom. The molecule has 0 radical (unpaired) electrons. The molecular formula is C76H126O6. The number of hydrogen-bond donors (Lipinski definition) is 0. The Morgan fingerprint density at radius 2 is 0.476 bits per heavy atom. The fourth-order valence-corrected chi connectivity index (χ4v) is 9.32. The first kappa shape index (κ1) is 77.5. The molecule has 0 aromatic rings. The van der Waals surface area contributed by atoms with Crippen LogP contribution >= 0.6 is 0 Å². The minimum absolute atomic E-state index is 0.0866. The Kier molecular flexibility index (Phi) is 65.3. The molecule has 0 N–H and O–H groups in total. The number of ether oxygens (including phenoxy) is 3. The fourth-order valence-electron chi connectivity index (χ4n) is 9.32. The second kappa shape index (κ2) is 69.0. The average molecular weight is 1140 g/mol. The molecule has 0 saturated carbocycles. The lowest BCUT2D eigenvalue weighted by atomic mass is 10.0. The summed E-state index contributed by atoms with van der Waals surface area (Å²) in [6.07, 6.45) is 97.5. The molecule has 1 unspecified atom stereocenters. The Labute approximate surface area is 506 Å². The predicted octanol–water partition coefficient (Wildman–Crippen LogP) is 23.7. The van der Waals surface area contributed by atoms with E-state index in [1.54, 1.807) is 0 Å². The fraction of sp³-hybridized carbons (Fsp3) is 0.671. The van der Waals surface area contributed by atoms with Crippen LogP contribution < -0.4 is 0 Å². The lowest BCUT2D eigenvalue weighted by Gasteiger charge is -2.18. The van der Waals surface area contributed by atoms with E-state index in [4.69, 9.17) is 14.2 Å². The van der Waals surface area contributed by atoms with Crippen molar-refractivity contribution >= 4 is 17.9 Å². The zero-order valence-electron chi connectivity index (χ0n) is 53.5. The van der Waals surface area contributed by atoms with Crippen LogP contribution in [0.5, 0.6) is 0 Å². The van der Waals surface area contributed by atoms with E-state index in [9.17, 15) is 14.4 Å². The molecule has 0 aromatic heterocycles. The maximum atomic E-state index is 12.9. The number of hydrogen-bond acceptors (Lipinski definition) is 6. The maximum absolute atomic E-state index is 12.9. The summed E-state index contributed by atoms with van der Waals surface area (Å²) in [5.41, 5.74) is 0. The van der Waals surface area contributed by atoms with E-state index in [1.807, 2.05) is 0 Å². The van der Waals surface area contributed by atoms with E-state index in [0.717, 1.165) is 135 Å². The third-order valence-corrected chi connectivity index (χ3v) is 14.4. The molecule has 0 aromatic carbocycles. The van der Waals surface area contributed by atoms with Crippen molar-refractivity contribution in [2.24, 2.45) is 0 Å². The van der Waals surface area contributed by atoms with Gasteiger partial charge in [0.25, 0.3) is 0 Å². The molecule has 0 spiro atoms. The molecule has 0 amide bonds. The van der Waals surface area contributed by atoms with E-state index in [0.29, 0.717) is 19.3 Å². The summed E-state index contributed by atoms with van der Waals surface area (Å²) in [6, 6.07) is 0. The summed E-state index contributed by atoms with van der Waals surface area (Å²) in [4.78, 5) is 38.4. The first-order chi connectivity index (χ1) is 40.5. The van der Waals surface area contributed by atoms with Crippen molar-refractivity contribution in [1.29, 1.82) is 0 Å². The first-order valence-corrected chi connectivity index (χ1v) is 34.2. The van der Waals surface area contributed by atoms with Crippen LogP contribution in [0.25, 0.3) is 0 Å². The monoisotopic (exact) mass is 1130 g/mol. The molecule has 0 aliphatic rings. The van der Waals surface area contributed by atoms with Crippen LogP contribution in [-0.2, 0) is 28.6 Å². The minimum atomic E-state index is -0.791. The Hall–Kier alpha value is -4.45. The topological polar surface area (TPSA) is 78.9 Å². The van der Waals surface area contributed by atoms with Crippen molar-refractivity contribution in [3.05, 3.63) is 134 Å². The molecule has 1 atom stereocenters. The lowest BCUT2D eigenvalue weighted by molar-refractivity contribution is -0.167. The highest BCUT2D eigenvalue weighted by atomic mass is 16.6. The summed E-state index contributed by atoms with van der Waals surface area (Å²) < 4.78 is 16.9. The van der Waals surface area contributed by atoms with Crippen molar-refractivity contribution < 1.29 is 28.6 Å². The largest absolute Gasteiger partial charge is 0.462 e. The number of carbonyl (C=O) groups excluding carboxylic acids is 3. The molecule has 0 rings (SSSR count). The highest BCUT2D eigenvalue weighted by Gasteiger charge is 2.19. The number of rotatable bonds is 61. The lowest BCUT2D eigenvalue weighted by Crippen LogP contribution is -2.30. The van der Waals surface area contributed by atoms with Gasteiger partial charge in [0.05, 0.1) is 0 Å². The van der Waals surface area contributed by atoms with Gasteiger partial charge in [-0.25, -0.2) is 0 Å². The normalized spacial score (nSPS) is 13.0. The zero-order valence-corrected chi connectivity index (χ0v) is 53.5. The van der Waals surface area contributed by atoms with Crippen LogP contribution in [0.4, 0.5) is 0 Å². The molecule has 466 valence electrons. The average Bonchev–Trinajstić information content (AvgIpc) is 3.47. The quantitative estimate of drug-likeness (QED) is 0.0261. The van der Waals surface area contributed by atoms with Crippen molar-refractivity contribution in [2.45, 2.75) is 316 Å². The summed E-state index contributed by atoms with van der Waals surface area (Å²) in [7, 11) is 0. The van der Waals surface area contributed by atoms with Gasteiger partial charge in [-0.2, -0.15) is 0 Å². The van der Waals surface area contributed by atoms with Crippen LogP contribution in [0.2, 0.25) is 0 Å². The van der Waals surface area contributed by atoms with Gasteiger partial charge in [-0.05, 0) is 135 Å². The van der Waals surface area contributed by atoms with Gasteiger partial charge in [0.2, 0.25) is 0 Å².